The number of benzene rings is 3. The zero-order chi connectivity index (χ0) is 28.6. The van der Waals surface area contributed by atoms with Crippen molar-refractivity contribution in [3.8, 4) is 0 Å². The summed E-state index contributed by atoms with van der Waals surface area (Å²) in [4.78, 5) is 29.1. The molecule has 7 nitrogen and oxygen atoms in total. The first-order valence-electron chi connectivity index (χ1n) is 13.4. The van der Waals surface area contributed by atoms with Crippen LogP contribution in [0.15, 0.2) is 83.8 Å². The Hall–Kier alpha value is -3.65. The van der Waals surface area contributed by atoms with Crippen LogP contribution in [0.2, 0.25) is 0 Å². The van der Waals surface area contributed by atoms with Crippen molar-refractivity contribution in [3.63, 3.8) is 0 Å². The summed E-state index contributed by atoms with van der Waals surface area (Å²) in [5, 5.41) is 3.00. The molecule has 39 heavy (non-hydrogen) atoms. The molecule has 0 spiro atoms. The van der Waals surface area contributed by atoms with Crippen molar-refractivity contribution in [1.82, 2.24) is 10.2 Å². The molecule has 0 radical (unpaired) electrons. The lowest BCUT2D eigenvalue weighted by molar-refractivity contribution is -0.140. The van der Waals surface area contributed by atoms with Crippen LogP contribution in [-0.2, 0) is 26.2 Å². The van der Waals surface area contributed by atoms with Crippen LogP contribution < -0.4 is 9.62 Å². The zero-order valence-electron chi connectivity index (χ0n) is 23.4. The molecule has 0 aliphatic heterocycles. The quantitative estimate of drug-likeness (QED) is 0.336. The Kier molecular flexibility index (Phi) is 10.3. The molecule has 3 rings (SSSR count). The molecule has 8 heteroatoms. The minimum absolute atomic E-state index is 0.0517. The average Bonchev–Trinajstić information content (AvgIpc) is 2.92. The Labute approximate surface area is 232 Å². The molecule has 2 unspecified atom stereocenters. The van der Waals surface area contributed by atoms with E-state index in [0.717, 1.165) is 27.4 Å². The van der Waals surface area contributed by atoms with E-state index < -0.39 is 28.5 Å². The number of amides is 2. The molecule has 0 saturated heterocycles. The number of carbonyl (C=O) groups excluding carboxylic acids is 2. The van der Waals surface area contributed by atoms with Gasteiger partial charge in [0.2, 0.25) is 11.8 Å². The van der Waals surface area contributed by atoms with E-state index in [1.807, 2.05) is 65.0 Å². The maximum atomic E-state index is 14.1. The van der Waals surface area contributed by atoms with Crippen LogP contribution in [0.3, 0.4) is 0 Å². The molecule has 208 valence electrons. The van der Waals surface area contributed by atoms with Gasteiger partial charge in [0.25, 0.3) is 10.0 Å². The smallest absolute Gasteiger partial charge is 0.264 e. The van der Waals surface area contributed by atoms with E-state index >= 15 is 0 Å². The van der Waals surface area contributed by atoms with E-state index in [0.29, 0.717) is 12.1 Å². The third-order valence-electron chi connectivity index (χ3n) is 6.89. The summed E-state index contributed by atoms with van der Waals surface area (Å²) < 4.78 is 28.8. The van der Waals surface area contributed by atoms with E-state index in [1.54, 1.807) is 36.4 Å². The number of rotatable bonds is 12. The van der Waals surface area contributed by atoms with Crippen LogP contribution in [0.4, 0.5) is 5.69 Å². The van der Waals surface area contributed by atoms with Gasteiger partial charge in [-0.15, -0.1) is 0 Å². The van der Waals surface area contributed by atoms with Crippen LogP contribution in [0, 0.1) is 13.8 Å². The van der Waals surface area contributed by atoms with Crippen molar-refractivity contribution in [3.05, 3.63) is 95.6 Å². The van der Waals surface area contributed by atoms with Gasteiger partial charge in [0.05, 0.1) is 10.6 Å². The Balaban J connectivity index is 2.06. The SMILES string of the molecule is CCC(C)NC(=O)C(CC)N(Cc1ccccc1C)C(=O)CN(c1cccc(C)c1)S(=O)(=O)c1ccccc1. The number of hydrogen-bond acceptors (Lipinski definition) is 4. The fourth-order valence-corrected chi connectivity index (χ4v) is 5.79. The second-order valence-electron chi connectivity index (χ2n) is 9.85. The average molecular weight is 550 g/mol. The first kappa shape index (κ1) is 29.9. The molecule has 0 heterocycles. The van der Waals surface area contributed by atoms with Gasteiger partial charge in [0.15, 0.2) is 0 Å². The van der Waals surface area contributed by atoms with Crippen LogP contribution in [0.1, 0.15) is 50.3 Å². The summed E-state index contributed by atoms with van der Waals surface area (Å²) in [6, 6.07) is 22.0. The van der Waals surface area contributed by atoms with Crippen molar-refractivity contribution in [2.45, 2.75) is 71.0 Å². The van der Waals surface area contributed by atoms with Crippen LogP contribution in [0.25, 0.3) is 0 Å². The van der Waals surface area contributed by atoms with E-state index in [2.05, 4.69) is 5.32 Å². The van der Waals surface area contributed by atoms with Gasteiger partial charge >= 0.3 is 0 Å². The van der Waals surface area contributed by atoms with Gasteiger partial charge in [-0.1, -0.05) is 68.4 Å². The van der Waals surface area contributed by atoms with Crippen LogP contribution in [-0.4, -0.2) is 43.8 Å². The first-order valence-corrected chi connectivity index (χ1v) is 14.8. The Bertz CT molecular complexity index is 1380. The summed E-state index contributed by atoms with van der Waals surface area (Å²) in [5.41, 5.74) is 3.14. The van der Waals surface area contributed by atoms with Crippen LogP contribution >= 0.6 is 0 Å². The lowest BCUT2D eigenvalue weighted by Gasteiger charge is -2.34. The van der Waals surface area contributed by atoms with Crippen molar-refractivity contribution in [2.24, 2.45) is 0 Å². The highest BCUT2D eigenvalue weighted by molar-refractivity contribution is 7.92. The third kappa shape index (κ3) is 7.47. The highest BCUT2D eigenvalue weighted by Crippen LogP contribution is 2.26. The van der Waals surface area contributed by atoms with Crippen molar-refractivity contribution < 1.29 is 18.0 Å². The minimum atomic E-state index is -4.07. The normalized spacial score (nSPS) is 12.8. The van der Waals surface area contributed by atoms with E-state index in [-0.39, 0.29) is 23.4 Å². The second-order valence-corrected chi connectivity index (χ2v) is 11.7. The predicted molar refractivity (Wildman–Crippen MR) is 156 cm³/mol. The van der Waals surface area contributed by atoms with Crippen LogP contribution in [0.5, 0.6) is 0 Å². The van der Waals surface area contributed by atoms with Gasteiger partial charge in [-0.25, -0.2) is 8.42 Å². The van der Waals surface area contributed by atoms with Gasteiger partial charge in [-0.2, -0.15) is 0 Å². The van der Waals surface area contributed by atoms with Crippen molar-refractivity contribution >= 4 is 27.5 Å². The topological polar surface area (TPSA) is 86.8 Å². The summed E-state index contributed by atoms with van der Waals surface area (Å²) in [6.07, 6.45) is 1.14. The van der Waals surface area contributed by atoms with Gasteiger partial charge < -0.3 is 10.2 Å². The van der Waals surface area contributed by atoms with E-state index in [1.165, 1.54) is 17.0 Å². The predicted octanol–water partition coefficient (Wildman–Crippen LogP) is 5.22. The number of nitrogens with one attached hydrogen (secondary N) is 1. The number of nitrogens with zero attached hydrogens (tertiary/aromatic N) is 2. The third-order valence-corrected chi connectivity index (χ3v) is 8.68. The van der Waals surface area contributed by atoms with Crippen molar-refractivity contribution in [2.75, 3.05) is 10.8 Å². The molecule has 3 aromatic rings. The molecule has 0 bridgehead atoms. The molecule has 0 saturated carbocycles. The zero-order valence-corrected chi connectivity index (χ0v) is 24.2. The van der Waals surface area contributed by atoms with Crippen molar-refractivity contribution in [1.29, 1.82) is 0 Å². The lowest BCUT2D eigenvalue weighted by atomic mass is 10.1. The highest BCUT2D eigenvalue weighted by Gasteiger charge is 2.34. The first-order chi connectivity index (χ1) is 18.6. The summed E-state index contributed by atoms with van der Waals surface area (Å²) in [7, 11) is -4.07. The number of anilines is 1. The molecule has 0 aliphatic carbocycles. The summed E-state index contributed by atoms with van der Waals surface area (Å²) >= 11 is 0. The monoisotopic (exact) mass is 549 g/mol. The minimum Gasteiger partial charge on any atom is -0.352 e. The van der Waals surface area contributed by atoms with Gasteiger partial charge in [0.1, 0.15) is 12.6 Å². The lowest BCUT2D eigenvalue weighted by Crippen LogP contribution is -2.53. The molecular formula is C31H39N3O4S. The number of hydrogen-bond donors (Lipinski definition) is 1. The fraction of sp³-hybridized carbons (Fsp3) is 0.355. The second kappa shape index (κ2) is 13.4. The molecule has 0 aromatic heterocycles. The fourth-order valence-electron chi connectivity index (χ4n) is 4.36. The molecule has 0 fully saturated rings. The maximum Gasteiger partial charge on any atom is 0.264 e. The number of sulfonamides is 1. The largest absolute Gasteiger partial charge is 0.352 e. The number of aryl methyl sites for hydroxylation is 2. The highest BCUT2D eigenvalue weighted by atomic mass is 32.2. The molecule has 1 N–H and O–H groups in total. The van der Waals surface area contributed by atoms with Gasteiger partial charge in [0, 0.05) is 12.6 Å². The number of carbonyl (C=O) groups is 2. The molecule has 2 atom stereocenters. The van der Waals surface area contributed by atoms with E-state index in [4.69, 9.17) is 0 Å². The summed E-state index contributed by atoms with van der Waals surface area (Å²) in [5.74, 6) is -0.702. The Morgan fingerprint density at radius 3 is 2.15 bits per heavy atom. The molecular weight excluding hydrogens is 510 g/mol. The van der Waals surface area contributed by atoms with Gasteiger partial charge in [-0.3, -0.25) is 13.9 Å². The Morgan fingerprint density at radius 2 is 1.54 bits per heavy atom. The van der Waals surface area contributed by atoms with E-state index in [9.17, 15) is 18.0 Å². The molecule has 0 aliphatic rings. The maximum absolute atomic E-state index is 14.1. The van der Waals surface area contributed by atoms with Gasteiger partial charge in [-0.05, 0) is 74.6 Å². The standard InChI is InChI=1S/C31H39N3O4S/c1-6-25(5)32-31(36)29(7-2)33(21-26-16-12-11-15-24(26)4)30(35)22-34(27-17-13-14-23(3)20-27)39(37,38)28-18-9-8-10-19-28/h8-20,25,29H,6-7,21-22H2,1-5H3,(H,32,36). The Morgan fingerprint density at radius 1 is 0.872 bits per heavy atom. The molecule has 2 amide bonds. The summed E-state index contributed by atoms with van der Waals surface area (Å²) in [6.45, 7) is 9.33. The molecule has 3 aromatic carbocycles.